The molecule has 1 aromatic rings. The van der Waals surface area contributed by atoms with Crippen LogP contribution in [-0.2, 0) is 9.53 Å². The average molecular weight is 360 g/mol. The molecule has 0 N–H and O–H groups in total. The molecule has 5 nitrogen and oxygen atoms in total. The van der Waals surface area contributed by atoms with Crippen LogP contribution in [0.5, 0.6) is 0 Å². The molecular weight excluding hydrogens is 338 g/mol. The van der Waals surface area contributed by atoms with Crippen LogP contribution in [0.25, 0.3) is 0 Å². The van der Waals surface area contributed by atoms with E-state index in [9.17, 15) is 4.79 Å². The molecule has 0 spiro atoms. The van der Waals surface area contributed by atoms with E-state index in [2.05, 4.69) is 17.1 Å². The second-order valence-electron chi connectivity index (χ2n) is 5.40. The highest BCUT2D eigenvalue weighted by atomic mass is 32.2. The topological polar surface area (TPSA) is 55.3 Å². The van der Waals surface area contributed by atoms with Gasteiger partial charge in [-0.1, -0.05) is 54.6 Å². The molecule has 1 aliphatic heterocycles. The molecule has 0 bridgehead atoms. The fourth-order valence-corrected chi connectivity index (χ4v) is 5.85. The van der Waals surface area contributed by atoms with Gasteiger partial charge < -0.3 is 9.64 Å². The van der Waals surface area contributed by atoms with Gasteiger partial charge in [0.25, 0.3) is 0 Å². The lowest BCUT2D eigenvalue weighted by Crippen LogP contribution is -2.55. The molecule has 2 unspecified atom stereocenters. The Kier molecular flexibility index (Phi) is 6.01. The predicted molar refractivity (Wildman–Crippen MR) is 90.7 cm³/mol. The first-order chi connectivity index (χ1) is 10.8. The van der Waals surface area contributed by atoms with E-state index in [0.29, 0.717) is 12.4 Å². The molecule has 3 rings (SSSR count). The summed E-state index contributed by atoms with van der Waals surface area (Å²) in [7, 11) is 0. The number of rotatable bonds is 5. The maximum absolute atomic E-state index is 12.6. The Morgan fingerprint density at radius 3 is 2.91 bits per heavy atom. The van der Waals surface area contributed by atoms with Crippen LogP contribution >= 0.6 is 34.9 Å². The zero-order valence-corrected chi connectivity index (χ0v) is 15.1. The van der Waals surface area contributed by atoms with Crippen molar-refractivity contribution in [2.24, 2.45) is 0 Å². The summed E-state index contributed by atoms with van der Waals surface area (Å²) in [6.07, 6.45) is 4.86. The van der Waals surface area contributed by atoms with Crippen molar-refractivity contribution < 1.29 is 9.53 Å². The number of ether oxygens (including phenoxy) is 1. The van der Waals surface area contributed by atoms with Crippen molar-refractivity contribution in [2.75, 3.05) is 24.7 Å². The Morgan fingerprint density at radius 1 is 1.32 bits per heavy atom. The number of thioether (sulfide) groups is 2. The van der Waals surface area contributed by atoms with Gasteiger partial charge >= 0.3 is 0 Å². The van der Waals surface area contributed by atoms with E-state index in [1.54, 1.807) is 23.1 Å². The summed E-state index contributed by atoms with van der Waals surface area (Å²) in [5.74, 6) is 1.66. The van der Waals surface area contributed by atoms with Gasteiger partial charge in [0.15, 0.2) is 8.68 Å². The number of amides is 1. The summed E-state index contributed by atoms with van der Waals surface area (Å²) in [4.78, 5) is 14.6. The highest BCUT2D eigenvalue weighted by molar-refractivity contribution is 8.03. The minimum absolute atomic E-state index is 0.213. The third-order valence-electron chi connectivity index (χ3n) is 4.03. The van der Waals surface area contributed by atoms with Crippen molar-refractivity contribution >= 4 is 40.8 Å². The highest BCUT2D eigenvalue weighted by Gasteiger charge is 2.36. The number of morpholine rings is 1. The first kappa shape index (κ1) is 16.5. The summed E-state index contributed by atoms with van der Waals surface area (Å²) in [6, 6.07) is 0.288. The minimum atomic E-state index is 0.213. The third-order valence-corrected chi connectivity index (χ3v) is 7.08. The summed E-state index contributed by atoms with van der Waals surface area (Å²) in [5, 5.41) is 8.28. The molecule has 1 aliphatic carbocycles. The first-order valence-electron chi connectivity index (χ1n) is 7.78. The Labute approximate surface area is 143 Å². The maximum Gasteiger partial charge on any atom is 0.233 e. The van der Waals surface area contributed by atoms with E-state index in [1.807, 2.05) is 4.90 Å². The Bertz CT molecular complexity index is 509. The monoisotopic (exact) mass is 359 g/mol. The van der Waals surface area contributed by atoms with Crippen LogP contribution in [0, 0.1) is 0 Å². The maximum atomic E-state index is 12.6. The van der Waals surface area contributed by atoms with Crippen LogP contribution in [0.4, 0.5) is 0 Å². The molecule has 2 atom stereocenters. The lowest BCUT2D eigenvalue weighted by atomic mass is 9.90. The Balaban J connectivity index is 1.54. The number of nitrogens with zero attached hydrogens (tertiary/aromatic N) is 3. The average Bonchev–Trinajstić information content (AvgIpc) is 3.00. The van der Waals surface area contributed by atoms with Crippen molar-refractivity contribution in [3.63, 3.8) is 0 Å². The number of carbonyl (C=O) groups excluding carboxylic acids is 1. The van der Waals surface area contributed by atoms with Crippen molar-refractivity contribution in [3.05, 3.63) is 0 Å². The SMILES string of the molecule is CCSc1nnc(SCC(=O)N2CCOC3CCCCC32)s1. The van der Waals surface area contributed by atoms with Gasteiger partial charge in [0.05, 0.1) is 24.5 Å². The molecule has 2 aliphatic rings. The fraction of sp³-hybridized carbons (Fsp3) is 0.786. The normalized spacial score (nSPS) is 25.0. The van der Waals surface area contributed by atoms with Crippen molar-refractivity contribution in [1.82, 2.24) is 15.1 Å². The highest BCUT2D eigenvalue weighted by Crippen LogP contribution is 2.31. The molecule has 122 valence electrons. The van der Waals surface area contributed by atoms with Gasteiger partial charge in [-0.15, -0.1) is 10.2 Å². The van der Waals surface area contributed by atoms with Crippen LogP contribution in [0.2, 0.25) is 0 Å². The zero-order valence-electron chi connectivity index (χ0n) is 12.7. The van der Waals surface area contributed by atoms with Gasteiger partial charge in [-0.3, -0.25) is 4.79 Å². The molecule has 1 aromatic heterocycles. The smallest absolute Gasteiger partial charge is 0.233 e. The van der Waals surface area contributed by atoms with E-state index in [1.165, 1.54) is 24.6 Å². The van der Waals surface area contributed by atoms with Gasteiger partial charge in [0.2, 0.25) is 5.91 Å². The predicted octanol–water partition coefficient (Wildman–Crippen LogP) is 2.91. The number of hydrogen-bond acceptors (Lipinski definition) is 7. The quantitative estimate of drug-likeness (QED) is 0.754. The second-order valence-corrected chi connectivity index (χ2v) is 9.11. The standard InChI is InChI=1S/C14H21N3O2S3/c1-2-20-13-15-16-14(22-13)21-9-12(18)17-7-8-19-11-6-4-3-5-10(11)17/h10-11H,2-9H2,1H3. The first-order valence-corrected chi connectivity index (χ1v) is 10.6. The van der Waals surface area contributed by atoms with Gasteiger partial charge in [-0.2, -0.15) is 0 Å². The Hall–Kier alpha value is -0.310. The van der Waals surface area contributed by atoms with Crippen molar-refractivity contribution in [3.8, 4) is 0 Å². The van der Waals surface area contributed by atoms with Crippen LogP contribution < -0.4 is 0 Å². The minimum Gasteiger partial charge on any atom is -0.374 e. The number of aromatic nitrogens is 2. The van der Waals surface area contributed by atoms with Crippen molar-refractivity contribution in [1.29, 1.82) is 0 Å². The molecule has 2 fully saturated rings. The lowest BCUT2D eigenvalue weighted by molar-refractivity contribution is -0.146. The Morgan fingerprint density at radius 2 is 2.09 bits per heavy atom. The van der Waals surface area contributed by atoms with Crippen LogP contribution in [0.3, 0.4) is 0 Å². The van der Waals surface area contributed by atoms with Gasteiger partial charge in [-0.25, -0.2) is 0 Å². The van der Waals surface area contributed by atoms with E-state index in [-0.39, 0.29) is 18.1 Å². The van der Waals surface area contributed by atoms with E-state index >= 15 is 0 Å². The largest absolute Gasteiger partial charge is 0.374 e. The van der Waals surface area contributed by atoms with E-state index in [0.717, 1.165) is 33.8 Å². The molecule has 1 saturated heterocycles. The molecule has 2 heterocycles. The molecule has 1 saturated carbocycles. The number of hydrogen-bond donors (Lipinski definition) is 0. The molecule has 22 heavy (non-hydrogen) atoms. The van der Waals surface area contributed by atoms with E-state index < -0.39 is 0 Å². The van der Waals surface area contributed by atoms with Crippen LogP contribution in [0.1, 0.15) is 32.6 Å². The van der Waals surface area contributed by atoms with Gasteiger partial charge in [0, 0.05) is 6.54 Å². The van der Waals surface area contributed by atoms with Crippen LogP contribution in [0.15, 0.2) is 8.68 Å². The van der Waals surface area contributed by atoms with Crippen LogP contribution in [-0.4, -0.2) is 57.8 Å². The summed E-state index contributed by atoms with van der Waals surface area (Å²) < 4.78 is 7.70. The summed E-state index contributed by atoms with van der Waals surface area (Å²) in [5.41, 5.74) is 0. The number of carbonyl (C=O) groups is 1. The molecule has 1 amide bonds. The molecule has 8 heteroatoms. The summed E-state index contributed by atoms with van der Waals surface area (Å²) >= 11 is 4.78. The third kappa shape index (κ3) is 3.96. The molecular formula is C14H21N3O2S3. The second kappa shape index (κ2) is 7.99. The van der Waals surface area contributed by atoms with Gasteiger partial charge in [-0.05, 0) is 18.6 Å². The fourth-order valence-electron chi connectivity index (χ4n) is 3.05. The molecule has 0 radical (unpaired) electrons. The zero-order chi connectivity index (χ0) is 15.4. The van der Waals surface area contributed by atoms with Gasteiger partial charge in [0.1, 0.15) is 0 Å². The molecule has 0 aromatic carbocycles. The summed E-state index contributed by atoms with van der Waals surface area (Å²) in [6.45, 7) is 3.50. The van der Waals surface area contributed by atoms with E-state index in [4.69, 9.17) is 4.74 Å². The lowest BCUT2D eigenvalue weighted by Gasteiger charge is -2.43. The van der Waals surface area contributed by atoms with Crippen molar-refractivity contribution in [2.45, 2.75) is 53.4 Å². The number of fused-ring (bicyclic) bond motifs is 1.